The zero-order valence-electron chi connectivity index (χ0n) is 15.2. The van der Waals surface area contributed by atoms with Crippen molar-refractivity contribution in [3.63, 3.8) is 0 Å². The Balaban J connectivity index is 1.53. The predicted octanol–water partition coefficient (Wildman–Crippen LogP) is 3.39. The number of aromatic nitrogens is 2. The van der Waals surface area contributed by atoms with Crippen LogP contribution in [0.2, 0.25) is 0 Å². The van der Waals surface area contributed by atoms with Crippen LogP contribution in [0.15, 0.2) is 48.7 Å². The summed E-state index contributed by atoms with van der Waals surface area (Å²) in [6, 6.07) is 14.6. The zero-order valence-corrected chi connectivity index (χ0v) is 15.2. The van der Waals surface area contributed by atoms with Crippen molar-refractivity contribution in [1.29, 1.82) is 0 Å². The summed E-state index contributed by atoms with van der Waals surface area (Å²) < 4.78 is 13.2. The molecule has 0 unspecified atom stereocenters. The Bertz CT molecular complexity index is 807. The van der Waals surface area contributed by atoms with Crippen LogP contribution in [-0.4, -0.2) is 53.9 Å². The minimum absolute atomic E-state index is 0.682. The van der Waals surface area contributed by atoms with Crippen molar-refractivity contribution in [1.82, 2.24) is 14.5 Å². The Kier molecular flexibility index (Phi) is 5.18. The highest BCUT2D eigenvalue weighted by Gasteiger charge is 2.15. The summed E-state index contributed by atoms with van der Waals surface area (Å²) in [5.41, 5.74) is 3.30. The van der Waals surface area contributed by atoms with E-state index < -0.39 is 0 Å². The summed E-state index contributed by atoms with van der Waals surface area (Å²) in [6.07, 6.45) is 2.12. The van der Waals surface area contributed by atoms with Gasteiger partial charge in [-0.3, -0.25) is 4.90 Å². The van der Waals surface area contributed by atoms with E-state index in [1.165, 1.54) is 5.56 Å². The molecule has 5 heteroatoms. The van der Waals surface area contributed by atoms with E-state index in [0.717, 1.165) is 62.2 Å². The molecule has 1 aromatic carbocycles. The molecule has 0 atom stereocenters. The summed E-state index contributed by atoms with van der Waals surface area (Å²) in [7, 11) is 0. The van der Waals surface area contributed by atoms with Crippen LogP contribution in [-0.2, 0) is 11.3 Å². The van der Waals surface area contributed by atoms with E-state index in [1.807, 2.05) is 19.1 Å². The molecule has 3 heterocycles. The smallest absolute Gasteiger partial charge is 0.140 e. The number of hydrogen-bond acceptors (Lipinski definition) is 4. The molecule has 1 aromatic rings. The Morgan fingerprint density at radius 1 is 1.04 bits per heavy atom. The molecule has 0 saturated carbocycles. The lowest BCUT2D eigenvalue weighted by Crippen LogP contribution is -2.38. The topological polar surface area (TPSA) is 39.5 Å². The van der Waals surface area contributed by atoms with Gasteiger partial charge in [-0.25, -0.2) is 4.98 Å². The van der Waals surface area contributed by atoms with Gasteiger partial charge >= 0.3 is 0 Å². The van der Waals surface area contributed by atoms with Gasteiger partial charge in [-0.05, 0) is 49.4 Å². The van der Waals surface area contributed by atoms with Crippen LogP contribution in [0.3, 0.4) is 0 Å². The molecule has 0 spiro atoms. The summed E-state index contributed by atoms with van der Waals surface area (Å²) in [6.45, 7) is 8.35. The number of fused-ring (bicyclic) bond motifs is 1. The number of rotatable bonds is 6. The molecule has 0 amide bonds. The van der Waals surface area contributed by atoms with Gasteiger partial charge in [-0.1, -0.05) is 0 Å². The normalized spacial score (nSPS) is 15.4. The molecule has 0 aliphatic carbocycles. The van der Waals surface area contributed by atoms with Gasteiger partial charge in [-0.2, -0.15) is 0 Å². The summed E-state index contributed by atoms with van der Waals surface area (Å²) >= 11 is 0. The van der Waals surface area contributed by atoms with E-state index in [-0.39, 0.29) is 0 Å². The molecule has 4 rings (SSSR count). The van der Waals surface area contributed by atoms with Gasteiger partial charge in [-0.15, -0.1) is 0 Å². The highest BCUT2D eigenvalue weighted by atomic mass is 16.5. The highest BCUT2D eigenvalue weighted by molar-refractivity contribution is 5.71. The summed E-state index contributed by atoms with van der Waals surface area (Å²) in [5, 5.41) is 0. The van der Waals surface area contributed by atoms with Crippen LogP contribution in [0.25, 0.3) is 22.6 Å². The van der Waals surface area contributed by atoms with Crippen LogP contribution >= 0.6 is 0 Å². The third-order valence-corrected chi connectivity index (χ3v) is 4.81. The summed E-state index contributed by atoms with van der Waals surface area (Å²) in [5.74, 6) is 1.94. The molecule has 0 radical (unpaired) electrons. The monoisotopic (exact) mass is 351 g/mol. The second-order valence-corrected chi connectivity index (χ2v) is 6.53. The lowest BCUT2D eigenvalue weighted by molar-refractivity contribution is 0.0364. The third-order valence-electron chi connectivity index (χ3n) is 4.81. The Hall–Kier alpha value is -2.37. The fourth-order valence-electron chi connectivity index (χ4n) is 3.39. The standard InChI is InChI=1S/C21H25N3O2/c1-2-26-19-7-5-17(6-8-19)20-16-18-4-3-9-24(21(18)22-20)11-10-23-12-14-25-15-13-23/h3-9,16H,2,10-15H2,1H3. The number of nitrogens with zero attached hydrogens (tertiary/aromatic N) is 3. The maximum absolute atomic E-state index is 5.53. The first-order valence-corrected chi connectivity index (χ1v) is 9.33. The first-order valence-electron chi connectivity index (χ1n) is 9.33. The maximum atomic E-state index is 5.53. The van der Waals surface area contributed by atoms with E-state index >= 15 is 0 Å². The van der Waals surface area contributed by atoms with Gasteiger partial charge in [0.15, 0.2) is 0 Å². The number of ether oxygens (including phenoxy) is 2. The number of morpholine rings is 1. The van der Waals surface area contributed by atoms with E-state index in [0.29, 0.717) is 6.61 Å². The molecule has 26 heavy (non-hydrogen) atoms. The van der Waals surface area contributed by atoms with Crippen molar-refractivity contribution < 1.29 is 9.47 Å². The number of hydrogen-bond donors (Lipinski definition) is 0. The molecular formula is C21H25N3O2. The predicted molar refractivity (Wildman–Crippen MR) is 103 cm³/mol. The van der Waals surface area contributed by atoms with Crippen molar-refractivity contribution in [2.45, 2.75) is 13.5 Å². The maximum Gasteiger partial charge on any atom is 0.140 e. The van der Waals surface area contributed by atoms with Gasteiger partial charge in [0.1, 0.15) is 11.6 Å². The quantitative estimate of drug-likeness (QED) is 0.682. The van der Waals surface area contributed by atoms with Crippen molar-refractivity contribution >= 4 is 0 Å². The molecule has 136 valence electrons. The molecule has 3 aliphatic rings. The van der Waals surface area contributed by atoms with Crippen LogP contribution in [0, 0.1) is 0 Å². The second kappa shape index (κ2) is 7.89. The van der Waals surface area contributed by atoms with Crippen LogP contribution in [0.1, 0.15) is 6.92 Å². The average molecular weight is 351 g/mol. The highest BCUT2D eigenvalue weighted by Crippen LogP contribution is 2.29. The van der Waals surface area contributed by atoms with Crippen LogP contribution < -0.4 is 4.74 Å². The van der Waals surface area contributed by atoms with Crippen molar-refractivity contribution in [3.8, 4) is 28.4 Å². The molecule has 0 bridgehead atoms. The van der Waals surface area contributed by atoms with E-state index in [2.05, 4.69) is 46.0 Å². The Morgan fingerprint density at radius 3 is 2.62 bits per heavy atom. The third kappa shape index (κ3) is 3.74. The van der Waals surface area contributed by atoms with Crippen molar-refractivity contribution in [2.75, 3.05) is 39.5 Å². The minimum atomic E-state index is 0.682. The van der Waals surface area contributed by atoms with E-state index in [4.69, 9.17) is 14.5 Å². The van der Waals surface area contributed by atoms with Gasteiger partial charge < -0.3 is 14.0 Å². The molecule has 0 N–H and O–H groups in total. The lowest BCUT2D eigenvalue weighted by atomic mass is 10.1. The number of pyridine rings is 1. The van der Waals surface area contributed by atoms with E-state index in [9.17, 15) is 0 Å². The largest absolute Gasteiger partial charge is 0.494 e. The van der Waals surface area contributed by atoms with Crippen LogP contribution in [0.5, 0.6) is 5.75 Å². The average Bonchev–Trinajstić information content (AvgIpc) is 3.13. The van der Waals surface area contributed by atoms with Gasteiger partial charge in [0.2, 0.25) is 0 Å². The SMILES string of the molecule is CCOc1ccc(-c2cc3cccn(CCN4CCOCC4)c-3n2)cc1. The molecule has 1 fully saturated rings. The first-order chi connectivity index (χ1) is 12.8. The Morgan fingerprint density at radius 2 is 1.85 bits per heavy atom. The van der Waals surface area contributed by atoms with Crippen molar-refractivity contribution in [3.05, 3.63) is 48.7 Å². The Labute approximate surface area is 154 Å². The zero-order chi connectivity index (χ0) is 17.8. The number of benzene rings is 1. The second-order valence-electron chi connectivity index (χ2n) is 6.53. The summed E-state index contributed by atoms with van der Waals surface area (Å²) in [4.78, 5) is 7.35. The first kappa shape index (κ1) is 17.1. The fourth-order valence-corrected chi connectivity index (χ4v) is 3.39. The molecule has 0 aromatic heterocycles. The minimum Gasteiger partial charge on any atom is -0.494 e. The van der Waals surface area contributed by atoms with Gasteiger partial charge in [0, 0.05) is 43.5 Å². The van der Waals surface area contributed by atoms with E-state index in [1.54, 1.807) is 0 Å². The lowest BCUT2D eigenvalue weighted by Gasteiger charge is -2.27. The van der Waals surface area contributed by atoms with Crippen LogP contribution in [0.4, 0.5) is 0 Å². The fraction of sp³-hybridized carbons (Fsp3) is 0.381. The van der Waals surface area contributed by atoms with Crippen molar-refractivity contribution in [2.24, 2.45) is 0 Å². The molecule has 3 aliphatic heterocycles. The molecule has 1 saturated heterocycles. The molecular weight excluding hydrogens is 326 g/mol. The van der Waals surface area contributed by atoms with Gasteiger partial charge in [0.05, 0.1) is 25.5 Å². The van der Waals surface area contributed by atoms with Gasteiger partial charge in [0.25, 0.3) is 0 Å². The molecule has 5 nitrogen and oxygen atoms in total.